The summed E-state index contributed by atoms with van der Waals surface area (Å²) in [4.78, 5) is 40.7. The molecule has 1 atom stereocenters. The van der Waals surface area contributed by atoms with Crippen LogP contribution in [0.4, 0.5) is 5.82 Å². The van der Waals surface area contributed by atoms with Gasteiger partial charge in [0.1, 0.15) is 5.82 Å². The monoisotopic (exact) mass is 425 g/mol. The molecule has 0 fully saturated rings. The molecule has 0 amide bonds. The first kappa shape index (κ1) is 18.0. The molecule has 2 heterocycles. The molecule has 2 aliphatic rings. The number of Topliss-reactive ketones (excluding diaryl/α,β-unsaturated/α-hetero) is 1. The predicted octanol–water partition coefficient (Wildman–Crippen LogP) is 3.55. The molecule has 144 valence electrons. The molecule has 1 unspecified atom stereocenters. The van der Waals surface area contributed by atoms with Gasteiger partial charge in [0.15, 0.2) is 5.78 Å². The van der Waals surface area contributed by atoms with Gasteiger partial charge in [-0.3, -0.25) is 19.1 Å². The van der Waals surface area contributed by atoms with Crippen LogP contribution in [-0.4, -0.2) is 15.3 Å². The lowest BCUT2D eigenvalue weighted by Crippen LogP contribution is -2.37. The number of halogens is 2. The smallest absolute Gasteiger partial charge is 0.329 e. The maximum absolute atomic E-state index is 13.3. The Morgan fingerprint density at radius 1 is 0.966 bits per heavy atom. The Morgan fingerprint density at radius 2 is 1.69 bits per heavy atom. The normalized spacial score (nSPS) is 16.9. The number of aromatic nitrogens is 2. The van der Waals surface area contributed by atoms with E-state index >= 15 is 0 Å². The summed E-state index contributed by atoms with van der Waals surface area (Å²) in [7, 11) is 1.55. The molecule has 8 heteroatoms. The van der Waals surface area contributed by atoms with Crippen molar-refractivity contribution in [1.29, 1.82) is 0 Å². The van der Waals surface area contributed by atoms with Crippen LogP contribution in [0.2, 0.25) is 10.0 Å². The first-order valence-electron chi connectivity index (χ1n) is 8.82. The molecular weight excluding hydrogens is 413 g/mol. The maximum atomic E-state index is 13.3. The van der Waals surface area contributed by atoms with E-state index in [0.29, 0.717) is 38.8 Å². The number of benzene rings is 2. The highest BCUT2D eigenvalue weighted by atomic mass is 35.5. The minimum Gasteiger partial charge on any atom is -0.340 e. The molecule has 0 saturated heterocycles. The van der Waals surface area contributed by atoms with Crippen LogP contribution in [0.1, 0.15) is 33.0 Å². The number of rotatable bonds is 1. The molecule has 1 aliphatic heterocycles. The summed E-state index contributed by atoms with van der Waals surface area (Å²) < 4.78 is 1.32. The van der Waals surface area contributed by atoms with Crippen molar-refractivity contribution in [2.75, 3.05) is 5.32 Å². The third-order valence-corrected chi connectivity index (χ3v) is 6.26. The zero-order chi connectivity index (χ0) is 20.4. The number of anilines is 1. The SMILES string of the molecule is Cn1c2c(c(=O)[nH]c1=O)C(c1cccc(Cl)c1Cl)C1=C(N2)c2ccccc2C1=O. The average Bonchev–Trinajstić information content (AvgIpc) is 3.00. The lowest BCUT2D eigenvalue weighted by molar-refractivity contribution is 0.103. The van der Waals surface area contributed by atoms with E-state index < -0.39 is 17.2 Å². The lowest BCUT2D eigenvalue weighted by Gasteiger charge is -2.29. The van der Waals surface area contributed by atoms with Crippen LogP contribution in [0.15, 0.2) is 57.6 Å². The Balaban J connectivity index is 1.91. The van der Waals surface area contributed by atoms with Gasteiger partial charge in [-0.25, -0.2) is 4.79 Å². The molecule has 29 heavy (non-hydrogen) atoms. The largest absolute Gasteiger partial charge is 0.340 e. The van der Waals surface area contributed by atoms with Gasteiger partial charge in [-0.15, -0.1) is 0 Å². The number of carbonyl (C=O) groups is 1. The quantitative estimate of drug-likeness (QED) is 0.624. The molecule has 0 bridgehead atoms. The van der Waals surface area contributed by atoms with E-state index in [1.165, 1.54) is 4.57 Å². The van der Waals surface area contributed by atoms with Crippen LogP contribution in [-0.2, 0) is 7.05 Å². The third kappa shape index (κ3) is 2.39. The van der Waals surface area contributed by atoms with Crippen molar-refractivity contribution < 1.29 is 4.79 Å². The Hall–Kier alpha value is -3.09. The van der Waals surface area contributed by atoms with Crippen molar-refractivity contribution in [3.05, 3.63) is 101 Å². The van der Waals surface area contributed by atoms with Crippen LogP contribution in [0.5, 0.6) is 0 Å². The number of nitrogens with zero attached hydrogens (tertiary/aromatic N) is 1. The van der Waals surface area contributed by atoms with Crippen molar-refractivity contribution in [1.82, 2.24) is 9.55 Å². The van der Waals surface area contributed by atoms with Gasteiger partial charge in [-0.2, -0.15) is 0 Å². The Bertz CT molecular complexity index is 1380. The topological polar surface area (TPSA) is 84.0 Å². The van der Waals surface area contributed by atoms with Crippen LogP contribution in [0, 0.1) is 0 Å². The maximum Gasteiger partial charge on any atom is 0.329 e. The number of allylic oxidation sites excluding steroid dienone is 1. The van der Waals surface area contributed by atoms with Gasteiger partial charge in [0.2, 0.25) is 0 Å². The first-order valence-corrected chi connectivity index (χ1v) is 9.58. The van der Waals surface area contributed by atoms with Crippen LogP contribution < -0.4 is 16.6 Å². The minimum atomic E-state index is -0.775. The number of hydrogen-bond donors (Lipinski definition) is 2. The number of carbonyl (C=O) groups excluding carboxylic acids is 1. The van der Waals surface area contributed by atoms with Crippen LogP contribution in [0.25, 0.3) is 5.70 Å². The van der Waals surface area contributed by atoms with Crippen molar-refractivity contribution >= 4 is 40.5 Å². The van der Waals surface area contributed by atoms with Gasteiger partial charge in [-0.1, -0.05) is 59.6 Å². The minimum absolute atomic E-state index is 0.192. The van der Waals surface area contributed by atoms with Crippen molar-refractivity contribution in [2.45, 2.75) is 5.92 Å². The summed E-state index contributed by atoms with van der Waals surface area (Å²) in [6, 6.07) is 12.3. The van der Waals surface area contributed by atoms with E-state index in [4.69, 9.17) is 23.2 Å². The third-order valence-electron chi connectivity index (χ3n) is 5.43. The molecule has 2 aromatic carbocycles. The summed E-state index contributed by atoms with van der Waals surface area (Å²) in [5.74, 6) is -0.644. The molecule has 1 aromatic heterocycles. The van der Waals surface area contributed by atoms with Gasteiger partial charge in [-0.05, 0) is 11.6 Å². The molecule has 6 nitrogen and oxygen atoms in total. The highest BCUT2D eigenvalue weighted by Crippen LogP contribution is 2.49. The highest BCUT2D eigenvalue weighted by Gasteiger charge is 2.43. The summed E-state index contributed by atoms with van der Waals surface area (Å²) in [5, 5.41) is 3.73. The van der Waals surface area contributed by atoms with Crippen LogP contribution in [0.3, 0.4) is 0 Å². The van der Waals surface area contributed by atoms with E-state index in [9.17, 15) is 14.4 Å². The zero-order valence-electron chi connectivity index (χ0n) is 15.0. The molecule has 0 spiro atoms. The van der Waals surface area contributed by atoms with Crippen molar-refractivity contribution in [2.24, 2.45) is 7.05 Å². The molecule has 2 N–H and O–H groups in total. The Morgan fingerprint density at radius 3 is 2.45 bits per heavy atom. The summed E-state index contributed by atoms with van der Waals surface area (Å²) in [6.45, 7) is 0. The number of aromatic amines is 1. The number of ketones is 1. The fourth-order valence-electron chi connectivity index (χ4n) is 4.09. The predicted molar refractivity (Wildman–Crippen MR) is 112 cm³/mol. The van der Waals surface area contributed by atoms with Gasteiger partial charge in [0.25, 0.3) is 5.56 Å². The average molecular weight is 426 g/mol. The molecule has 5 rings (SSSR count). The second-order valence-corrected chi connectivity index (χ2v) is 7.73. The highest BCUT2D eigenvalue weighted by molar-refractivity contribution is 6.42. The van der Waals surface area contributed by atoms with E-state index in [1.54, 1.807) is 37.4 Å². The molecule has 0 saturated carbocycles. The molecule has 1 aliphatic carbocycles. The van der Waals surface area contributed by atoms with Crippen LogP contribution >= 0.6 is 23.2 Å². The first-order chi connectivity index (χ1) is 13.9. The number of hydrogen-bond acceptors (Lipinski definition) is 4. The van der Waals surface area contributed by atoms with Gasteiger partial charge in [0.05, 0.1) is 27.2 Å². The van der Waals surface area contributed by atoms with Crippen molar-refractivity contribution in [3.8, 4) is 0 Å². The summed E-state index contributed by atoms with van der Waals surface area (Å²) >= 11 is 12.7. The Kier molecular flexibility index (Phi) is 3.84. The Labute approximate surface area is 174 Å². The van der Waals surface area contributed by atoms with Gasteiger partial charge >= 0.3 is 5.69 Å². The molecule has 3 aromatic rings. The van der Waals surface area contributed by atoms with E-state index in [1.807, 2.05) is 12.1 Å². The molecular formula is C21H13Cl2N3O3. The standard InChI is InChI=1S/C21H13Cl2N3O3/c1-26-19-15(20(28)25-21(26)29)13(11-7-4-8-12(22)16(11)23)14-17(24-19)9-5-2-3-6-10(9)18(14)27/h2-8,13,24H,1H3,(H,25,28,29). The fraction of sp³-hybridized carbons (Fsp3) is 0.0952. The van der Waals surface area contributed by atoms with Gasteiger partial charge < -0.3 is 5.32 Å². The van der Waals surface area contributed by atoms with E-state index in [-0.39, 0.29) is 16.4 Å². The lowest BCUT2D eigenvalue weighted by atomic mass is 9.81. The van der Waals surface area contributed by atoms with Gasteiger partial charge in [0, 0.05) is 23.7 Å². The fourth-order valence-corrected chi connectivity index (χ4v) is 4.50. The zero-order valence-corrected chi connectivity index (χ0v) is 16.6. The second-order valence-electron chi connectivity index (χ2n) is 6.95. The number of H-pyrrole nitrogens is 1. The summed E-state index contributed by atoms with van der Waals surface area (Å²) in [6.07, 6.45) is 0. The molecule has 0 radical (unpaired) electrons. The van der Waals surface area contributed by atoms with E-state index in [0.717, 1.165) is 0 Å². The number of nitrogens with one attached hydrogen (secondary N) is 2. The summed E-state index contributed by atoms with van der Waals surface area (Å²) in [5.41, 5.74) is 1.87. The second kappa shape index (κ2) is 6.20. The van der Waals surface area contributed by atoms with Crippen molar-refractivity contribution in [3.63, 3.8) is 0 Å². The van der Waals surface area contributed by atoms with E-state index in [2.05, 4.69) is 10.3 Å². The number of fused-ring (bicyclic) bond motifs is 3.